The number of hydrogen-bond donors (Lipinski definition) is 0. The van der Waals surface area contributed by atoms with Gasteiger partial charge >= 0.3 is 0 Å². The van der Waals surface area contributed by atoms with Crippen molar-refractivity contribution in [3.8, 4) is 0 Å². The van der Waals surface area contributed by atoms with Crippen LogP contribution in [0.2, 0.25) is 0 Å². The summed E-state index contributed by atoms with van der Waals surface area (Å²) in [4.78, 5) is 6.78. The molecule has 1 aromatic heterocycles. The van der Waals surface area contributed by atoms with E-state index in [-0.39, 0.29) is 5.41 Å². The van der Waals surface area contributed by atoms with Crippen molar-refractivity contribution < 1.29 is 0 Å². The Morgan fingerprint density at radius 3 is 2.19 bits per heavy atom. The molecule has 1 saturated carbocycles. The Morgan fingerprint density at radius 2 is 1.65 bits per heavy atom. The van der Waals surface area contributed by atoms with E-state index < -0.39 is 0 Å². The Labute approximate surface area is 156 Å². The maximum Gasteiger partial charge on any atom is 0.105 e. The average Bonchev–Trinajstić information content (AvgIpc) is 3.25. The maximum atomic E-state index is 4.31. The van der Waals surface area contributed by atoms with Gasteiger partial charge in [-0.15, -0.1) is 0 Å². The van der Waals surface area contributed by atoms with E-state index in [1.54, 1.807) is 0 Å². The third-order valence-electron chi connectivity index (χ3n) is 5.86. The van der Waals surface area contributed by atoms with Gasteiger partial charge in [-0.2, -0.15) is 0 Å². The molecule has 3 heteroatoms. The topological polar surface area (TPSA) is 21.1 Å². The number of benzene rings is 2. The third-order valence-corrected chi connectivity index (χ3v) is 5.86. The molecule has 3 aromatic rings. The molecule has 0 saturated heterocycles. The fourth-order valence-corrected chi connectivity index (χ4v) is 4.28. The van der Waals surface area contributed by atoms with E-state index in [0.717, 1.165) is 25.5 Å². The van der Waals surface area contributed by atoms with Crippen LogP contribution >= 0.6 is 0 Å². The molecule has 0 spiro atoms. The Hall–Kier alpha value is -2.39. The van der Waals surface area contributed by atoms with E-state index >= 15 is 0 Å². The SMILES string of the molecule is Cc1nccn1CCN(C)C[C@H]1CC1(c1ccccc1)c1ccccc1. The first-order chi connectivity index (χ1) is 12.7. The van der Waals surface area contributed by atoms with E-state index in [2.05, 4.69) is 95.3 Å². The van der Waals surface area contributed by atoms with Gasteiger partial charge in [-0.25, -0.2) is 4.98 Å². The molecular weight excluding hydrogens is 318 g/mol. The highest BCUT2D eigenvalue weighted by molar-refractivity contribution is 5.47. The fourth-order valence-electron chi connectivity index (χ4n) is 4.28. The number of aromatic nitrogens is 2. The molecule has 1 fully saturated rings. The monoisotopic (exact) mass is 345 g/mol. The Balaban J connectivity index is 1.48. The van der Waals surface area contributed by atoms with E-state index in [0.29, 0.717) is 5.92 Å². The summed E-state index contributed by atoms with van der Waals surface area (Å²) in [5.74, 6) is 1.76. The van der Waals surface area contributed by atoms with Crippen LogP contribution in [0.25, 0.3) is 0 Å². The highest BCUT2D eigenvalue weighted by atomic mass is 15.1. The molecule has 0 amide bonds. The number of aryl methyl sites for hydroxylation is 1. The summed E-state index contributed by atoms with van der Waals surface area (Å²) in [7, 11) is 2.24. The number of likely N-dealkylation sites (N-methyl/N-ethyl adjacent to an activating group) is 1. The van der Waals surface area contributed by atoms with Crippen LogP contribution in [0.3, 0.4) is 0 Å². The van der Waals surface area contributed by atoms with Gasteiger partial charge in [-0.1, -0.05) is 60.7 Å². The second-order valence-corrected chi connectivity index (χ2v) is 7.53. The molecule has 1 atom stereocenters. The Bertz CT molecular complexity index is 799. The van der Waals surface area contributed by atoms with Crippen molar-refractivity contribution in [2.45, 2.75) is 25.3 Å². The predicted molar refractivity (Wildman–Crippen MR) is 106 cm³/mol. The van der Waals surface area contributed by atoms with Crippen molar-refractivity contribution in [1.82, 2.24) is 14.5 Å². The van der Waals surface area contributed by atoms with Crippen molar-refractivity contribution in [2.75, 3.05) is 20.1 Å². The van der Waals surface area contributed by atoms with Crippen molar-refractivity contribution in [3.63, 3.8) is 0 Å². The van der Waals surface area contributed by atoms with Gasteiger partial charge in [0.2, 0.25) is 0 Å². The molecule has 2 aromatic carbocycles. The van der Waals surface area contributed by atoms with Crippen LogP contribution in [0.4, 0.5) is 0 Å². The zero-order chi connectivity index (χ0) is 18.0. The molecule has 0 unspecified atom stereocenters. The quantitative estimate of drug-likeness (QED) is 0.642. The molecule has 1 heterocycles. The van der Waals surface area contributed by atoms with Crippen LogP contribution in [0.1, 0.15) is 23.4 Å². The lowest BCUT2D eigenvalue weighted by atomic mass is 9.85. The van der Waals surface area contributed by atoms with Crippen LogP contribution in [0.5, 0.6) is 0 Å². The first-order valence-corrected chi connectivity index (χ1v) is 9.47. The zero-order valence-corrected chi connectivity index (χ0v) is 15.7. The molecule has 26 heavy (non-hydrogen) atoms. The van der Waals surface area contributed by atoms with Crippen LogP contribution in [-0.2, 0) is 12.0 Å². The lowest BCUT2D eigenvalue weighted by Crippen LogP contribution is -2.28. The summed E-state index contributed by atoms with van der Waals surface area (Å²) < 4.78 is 2.23. The number of rotatable bonds is 7. The molecular formula is C23H27N3. The van der Waals surface area contributed by atoms with Crippen molar-refractivity contribution in [2.24, 2.45) is 5.92 Å². The van der Waals surface area contributed by atoms with E-state index in [1.807, 2.05) is 6.20 Å². The van der Waals surface area contributed by atoms with Crippen molar-refractivity contribution in [1.29, 1.82) is 0 Å². The van der Waals surface area contributed by atoms with Crippen molar-refractivity contribution in [3.05, 3.63) is 90.0 Å². The number of imidazole rings is 1. The van der Waals surface area contributed by atoms with Crippen molar-refractivity contribution >= 4 is 0 Å². The van der Waals surface area contributed by atoms with Crippen LogP contribution in [0, 0.1) is 12.8 Å². The van der Waals surface area contributed by atoms with Crippen LogP contribution < -0.4 is 0 Å². The molecule has 134 valence electrons. The van der Waals surface area contributed by atoms with Gasteiger partial charge in [0, 0.05) is 37.4 Å². The molecule has 0 bridgehead atoms. The van der Waals surface area contributed by atoms with Gasteiger partial charge in [0.25, 0.3) is 0 Å². The lowest BCUT2D eigenvalue weighted by Gasteiger charge is -2.23. The van der Waals surface area contributed by atoms with E-state index in [4.69, 9.17) is 0 Å². The number of hydrogen-bond acceptors (Lipinski definition) is 2. The summed E-state index contributed by atoms with van der Waals surface area (Å²) in [6.45, 7) is 5.24. The van der Waals surface area contributed by atoms with Crippen LogP contribution in [0.15, 0.2) is 73.1 Å². The first-order valence-electron chi connectivity index (χ1n) is 9.47. The first kappa shape index (κ1) is 17.0. The van der Waals surface area contributed by atoms with Gasteiger partial charge in [-0.05, 0) is 37.4 Å². The largest absolute Gasteiger partial charge is 0.334 e. The zero-order valence-electron chi connectivity index (χ0n) is 15.7. The van der Waals surface area contributed by atoms with Crippen LogP contribution in [-0.4, -0.2) is 34.6 Å². The van der Waals surface area contributed by atoms with E-state index in [1.165, 1.54) is 17.5 Å². The third kappa shape index (κ3) is 3.19. The smallest absolute Gasteiger partial charge is 0.105 e. The molecule has 1 aliphatic rings. The summed E-state index contributed by atoms with van der Waals surface area (Å²) >= 11 is 0. The Kier molecular flexibility index (Phi) is 4.64. The lowest BCUT2D eigenvalue weighted by molar-refractivity contribution is 0.298. The Morgan fingerprint density at radius 1 is 1.04 bits per heavy atom. The summed E-state index contributed by atoms with van der Waals surface area (Å²) in [5.41, 5.74) is 3.09. The summed E-state index contributed by atoms with van der Waals surface area (Å²) in [6, 6.07) is 22.1. The molecule has 0 radical (unpaired) electrons. The van der Waals surface area contributed by atoms with Gasteiger partial charge < -0.3 is 9.47 Å². The highest BCUT2D eigenvalue weighted by Gasteiger charge is 2.56. The summed E-state index contributed by atoms with van der Waals surface area (Å²) in [5, 5.41) is 0. The highest BCUT2D eigenvalue weighted by Crippen LogP contribution is 2.58. The normalized spacial score (nSPS) is 18.2. The molecule has 0 N–H and O–H groups in total. The molecule has 0 aliphatic heterocycles. The standard InChI is InChI=1S/C23H27N3/c1-19-24-13-14-26(19)16-15-25(2)18-22-17-23(22,20-9-5-3-6-10-20)21-11-7-4-8-12-21/h3-14,22H,15-18H2,1-2H3/t22-/m1/s1. The minimum absolute atomic E-state index is 0.182. The average molecular weight is 345 g/mol. The number of nitrogens with zero attached hydrogens (tertiary/aromatic N) is 3. The maximum absolute atomic E-state index is 4.31. The second-order valence-electron chi connectivity index (χ2n) is 7.53. The van der Waals surface area contributed by atoms with Gasteiger partial charge in [-0.3, -0.25) is 0 Å². The van der Waals surface area contributed by atoms with Gasteiger partial charge in [0.15, 0.2) is 0 Å². The molecule has 3 nitrogen and oxygen atoms in total. The van der Waals surface area contributed by atoms with E-state index in [9.17, 15) is 0 Å². The second kappa shape index (κ2) is 7.08. The van der Waals surface area contributed by atoms with Gasteiger partial charge in [0.1, 0.15) is 5.82 Å². The van der Waals surface area contributed by atoms with Gasteiger partial charge in [0.05, 0.1) is 0 Å². The summed E-state index contributed by atoms with van der Waals surface area (Å²) in [6.07, 6.45) is 5.18. The molecule has 4 rings (SSSR count). The minimum atomic E-state index is 0.182. The minimum Gasteiger partial charge on any atom is -0.334 e. The fraction of sp³-hybridized carbons (Fsp3) is 0.348. The predicted octanol–water partition coefficient (Wildman–Crippen LogP) is 4.13. The molecule has 1 aliphatic carbocycles.